The zero-order chi connectivity index (χ0) is 31.2. The van der Waals surface area contributed by atoms with Gasteiger partial charge in [0.05, 0.1) is 0 Å². The number of hydrogen-bond donors (Lipinski definition) is 0. The lowest BCUT2D eigenvalue weighted by atomic mass is 9.97. The van der Waals surface area contributed by atoms with Crippen molar-refractivity contribution in [2.75, 3.05) is 0 Å². The molecule has 0 aliphatic carbocycles. The maximum Gasteiger partial charge on any atom is 0.164 e. The van der Waals surface area contributed by atoms with Gasteiger partial charge in [0.2, 0.25) is 0 Å². The van der Waals surface area contributed by atoms with Gasteiger partial charge in [-0.1, -0.05) is 140 Å². The van der Waals surface area contributed by atoms with Gasteiger partial charge in [0.25, 0.3) is 0 Å². The van der Waals surface area contributed by atoms with E-state index in [0.717, 1.165) is 55.3 Å². The van der Waals surface area contributed by atoms with Crippen LogP contribution in [0.5, 0.6) is 0 Å². The van der Waals surface area contributed by atoms with Crippen molar-refractivity contribution < 1.29 is 4.42 Å². The summed E-state index contributed by atoms with van der Waals surface area (Å²) in [5.74, 6) is 1.89. The molecule has 0 aliphatic heterocycles. The highest BCUT2D eigenvalue weighted by atomic mass is 16.3. The molecule has 9 rings (SSSR count). The Kier molecular flexibility index (Phi) is 6.43. The van der Waals surface area contributed by atoms with E-state index in [9.17, 15) is 0 Å². The predicted octanol–water partition coefficient (Wildman–Crippen LogP) is 11.3. The zero-order valence-corrected chi connectivity index (χ0v) is 25.3. The fourth-order valence-electron chi connectivity index (χ4n) is 6.35. The molecule has 0 spiro atoms. The topological polar surface area (TPSA) is 51.8 Å². The van der Waals surface area contributed by atoms with Crippen LogP contribution in [0.15, 0.2) is 168 Å². The summed E-state index contributed by atoms with van der Waals surface area (Å²) in [5, 5.41) is 4.64. The fourth-order valence-corrected chi connectivity index (χ4v) is 6.35. The molecule has 2 aromatic heterocycles. The third-order valence-corrected chi connectivity index (χ3v) is 8.75. The van der Waals surface area contributed by atoms with Gasteiger partial charge in [-0.15, -0.1) is 0 Å². The lowest BCUT2D eigenvalue weighted by Crippen LogP contribution is -2.01. The molecular formula is C43H27N3O. The van der Waals surface area contributed by atoms with Gasteiger partial charge in [-0.2, -0.15) is 0 Å². The normalized spacial score (nSPS) is 11.4. The van der Waals surface area contributed by atoms with Crippen LogP contribution in [0.4, 0.5) is 0 Å². The third-order valence-electron chi connectivity index (χ3n) is 8.75. The quantitative estimate of drug-likeness (QED) is 0.197. The minimum Gasteiger partial charge on any atom is -0.456 e. The van der Waals surface area contributed by atoms with Gasteiger partial charge in [-0.05, 0) is 57.3 Å². The van der Waals surface area contributed by atoms with E-state index in [4.69, 9.17) is 19.4 Å². The van der Waals surface area contributed by atoms with Crippen molar-refractivity contribution in [3.05, 3.63) is 164 Å². The average Bonchev–Trinajstić information content (AvgIpc) is 3.53. The maximum atomic E-state index is 6.11. The summed E-state index contributed by atoms with van der Waals surface area (Å²) in [6.07, 6.45) is 0. The molecule has 0 N–H and O–H groups in total. The second-order valence-corrected chi connectivity index (χ2v) is 11.7. The van der Waals surface area contributed by atoms with Crippen LogP contribution in [0.1, 0.15) is 0 Å². The average molecular weight is 602 g/mol. The van der Waals surface area contributed by atoms with E-state index in [0.29, 0.717) is 17.5 Å². The van der Waals surface area contributed by atoms with E-state index >= 15 is 0 Å². The molecule has 220 valence electrons. The number of fused-ring (bicyclic) bond motifs is 4. The molecule has 0 unspecified atom stereocenters. The monoisotopic (exact) mass is 601 g/mol. The van der Waals surface area contributed by atoms with Gasteiger partial charge in [0.15, 0.2) is 17.5 Å². The minimum atomic E-state index is 0.625. The van der Waals surface area contributed by atoms with Crippen LogP contribution in [-0.2, 0) is 0 Å². The minimum absolute atomic E-state index is 0.625. The number of hydrogen-bond acceptors (Lipinski definition) is 4. The van der Waals surface area contributed by atoms with E-state index in [-0.39, 0.29) is 0 Å². The first kappa shape index (κ1) is 27.0. The standard InChI is InChI=1S/C43H27N3O/c1-2-11-30(12-3-1)41-44-42(31-21-18-29(19-22-31)33-23-20-28-10-4-5-13-32(28)26-33)46-43(45-41)37-16-7-6-14-35(37)34-24-25-40-38(27-34)36-15-8-9-17-39(36)47-40/h1-27H. The van der Waals surface area contributed by atoms with Crippen LogP contribution in [0.2, 0.25) is 0 Å². The third kappa shape index (κ3) is 4.93. The molecule has 0 saturated heterocycles. The van der Waals surface area contributed by atoms with Crippen molar-refractivity contribution in [1.82, 2.24) is 15.0 Å². The highest BCUT2D eigenvalue weighted by Crippen LogP contribution is 2.37. The fraction of sp³-hybridized carbons (Fsp3) is 0. The number of aromatic nitrogens is 3. The van der Waals surface area contributed by atoms with Crippen molar-refractivity contribution in [2.45, 2.75) is 0 Å². The van der Waals surface area contributed by atoms with E-state index in [1.54, 1.807) is 0 Å². The Morgan fingerprint density at radius 2 is 0.894 bits per heavy atom. The Morgan fingerprint density at radius 1 is 0.319 bits per heavy atom. The molecule has 0 atom stereocenters. The first-order valence-electron chi connectivity index (χ1n) is 15.7. The Labute approximate surface area is 271 Å². The van der Waals surface area contributed by atoms with Gasteiger partial charge in [0, 0.05) is 27.5 Å². The van der Waals surface area contributed by atoms with Crippen molar-refractivity contribution in [3.63, 3.8) is 0 Å². The summed E-state index contributed by atoms with van der Waals surface area (Å²) in [6, 6.07) is 56.4. The van der Waals surface area contributed by atoms with Gasteiger partial charge >= 0.3 is 0 Å². The van der Waals surface area contributed by atoms with E-state index in [1.807, 2.05) is 60.7 Å². The summed E-state index contributed by atoms with van der Waals surface area (Å²) in [5.41, 5.74) is 8.99. The maximum absolute atomic E-state index is 6.11. The van der Waals surface area contributed by atoms with E-state index in [2.05, 4.69) is 103 Å². The van der Waals surface area contributed by atoms with Crippen LogP contribution in [0, 0.1) is 0 Å². The van der Waals surface area contributed by atoms with Gasteiger partial charge in [-0.25, -0.2) is 15.0 Å². The second kappa shape index (κ2) is 11.2. The number of furan rings is 1. The van der Waals surface area contributed by atoms with Crippen molar-refractivity contribution in [1.29, 1.82) is 0 Å². The predicted molar refractivity (Wildman–Crippen MR) is 192 cm³/mol. The zero-order valence-electron chi connectivity index (χ0n) is 25.3. The van der Waals surface area contributed by atoms with Gasteiger partial charge in [0.1, 0.15) is 11.2 Å². The number of benzene rings is 7. The van der Waals surface area contributed by atoms with Gasteiger partial charge < -0.3 is 4.42 Å². The summed E-state index contributed by atoms with van der Waals surface area (Å²) in [6.45, 7) is 0. The SMILES string of the molecule is c1ccc(-c2nc(-c3ccc(-c4ccc5ccccc5c4)cc3)nc(-c3ccccc3-c3ccc4oc5ccccc5c4c3)n2)cc1. The van der Waals surface area contributed by atoms with Gasteiger partial charge in [-0.3, -0.25) is 0 Å². The summed E-state index contributed by atoms with van der Waals surface area (Å²) < 4.78 is 6.11. The number of rotatable bonds is 5. The summed E-state index contributed by atoms with van der Waals surface area (Å²) >= 11 is 0. The Hall–Kier alpha value is -6.39. The molecule has 9 aromatic rings. The molecule has 0 amide bonds. The molecule has 7 aromatic carbocycles. The first-order valence-corrected chi connectivity index (χ1v) is 15.7. The van der Waals surface area contributed by atoms with Crippen molar-refractivity contribution in [2.24, 2.45) is 0 Å². The van der Waals surface area contributed by atoms with Crippen molar-refractivity contribution >= 4 is 32.7 Å². The molecule has 0 radical (unpaired) electrons. The second-order valence-electron chi connectivity index (χ2n) is 11.7. The molecule has 4 nitrogen and oxygen atoms in total. The number of para-hydroxylation sites is 1. The lowest BCUT2D eigenvalue weighted by Gasteiger charge is -2.12. The van der Waals surface area contributed by atoms with E-state index in [1.165, 1.54) is 16.3 Å². The molecular weight excluding hydrogens is 574 g/mol. The Balaban J connectivity index is 1.16. The Bertz CT molecular complexity index is 2570. The molecule has 0 fully saturated rings. The summed E-state index contributed by atoms with van der Waals surface area (Å²) in [4.78, 5) is 15.1. The number of nitrogens with zero attached hydrogens (tertiary/aromatic N) is 3. The molecule has 47 heavy (non-hydrogen) atoms. The van der Waals surface area contributed by atoms with Crippen molar-refractivity contribution in [3.8, 4) is 56.4 Å². The smallest absolute Gasteiger partial charge is 0.164 e. The van der Waals surface area contributed by atoms with Crippen LogP contribution in [0.3, 0.4) is 0 Å². The highest BCUT2D eigenvalue weighted by Gasteiger charge is 2.17. The van der Waals surface area contributed by atoms with E-state index < -0.39 is 0 Å². The molecule has 0 bridgehead atoms. The molecule has 0 aliphatic rings. The summed E-state index contributed by atoms with van der Waals surface area (Å²) in [7, 11) is 0. The molecule has 2 heterocycles. The largest absolute Gasteiger partial charge is 0.456 e. The van der Waals surface area contributed by atoms with Crippen LogP contribution < -0.4 is 0 Å². The first-order chi connectivity index (χ1) is 23.3. The molecule has 4 heteroatoms. The van der Waals surface area contributed by atoms with Crippen LogP contribution in [0.25, 0.3) is 89.1 Å². The lowest BCUT2D eigenvalue weighted by molar-refractivity contribution is 0.669. The highest BCUT2D eigenvalue weighted by molar-refractivity contribution is 6.06. The van der Waals surface area contributed by atoms with Crippen LogP contribution >= 0.6 is 0 Å². The Morgan fingerprint density at radius 3 is 1.72 bits per heavy atom. The van der Waals surface area contributed by atoms with Crippen LogP contribution in [-0.4, -0.2) is 15.0 Å². The molecule has 0 saturated carbocycles.